The monoisotopic (exact) mass is 626 g/mol. The van der Waals surface area contributed by atoms with Crippen LogP contribution in [0.5, 0.6) is 0 Å². The van der Waals surface area contributed by atoms with E-state index in [1.54, 1.807) is 85.2 Å². The molecule has 10 N–H and O–H groups in total. The number of halogens is 2. The number of nitrogens with one attached hydrogen (secondary N) is 4. The number of nitrogens with two attached hydrogens (primary N) is 2. The molecule has 2 heterocycles. The van der Waals surface area contributed by atoms with Gasteiger partial charge in [-0.3, -0.25) is 19.2 Å². The van der Waals surface area contributed by atoms with Crippen molar-refractivity contribution in [3.05, 3.63) is 106 Å². The van der Waals surface area contributed by atoms with E-state index in [4.69, 9.17) is 34.7 Å². The minimum atomic E-state index is -0.518. The molecule has 43 heavy (non-hydrogen) atoms. The molecule has 0 spiro atoms. The topological polar surface area (TPSA) is 226 Å². The molecule has 2 aromatic heterocycles. The van der Waals surface area contributed by atoms with Crippen LogP contribution in [0.4, 0.5) is 23.0 Å². The Morgan fingerprint density at radius 2 is 0.953 bits per heavy atom. The average Bonchev–Trinajstić information content (AvgIpc) is 2.97. The van der Waals surface area contributed by atoms with E-state index in [0.717, 1.165) is 0 Å². The zero-order valence-electron chi connectivity index (χ0n) is 22.4. The first-order valence-electron chi connectivity index (χ1n) is 12.2. The summed E-state index contributed by atoms with van der Waals surface area (Å²) in [5.41, 5.74) is 12.0. The van der Waals surface area contributed by atoms with E-state index in [9.17, 15) is 19.2 Å². The molecular weight excluding hydrogens is 599 g/mol. The van der Waals surface area contributed by atoms with Crippen LogP contribution in [0.3, 0.4) is 0 Å². The third-order valence-corrected chi connectivity index (χ3v) is 5.69. The van der Waals surface area contributed by atoms with Crippen LogP contribution in [0, 0.1) is 0 Å². The van der Waals surface area contributed by atoms with Crippen LogP contribution in [0.1, 0.15) is 20.7 Å². The van der Waals surface area contributed by atoms with Crippen molar-refractivity contribution in [2.75, 3.05) is 34.4 Å². The van der Waals surface area contributed by atoms with Gasteiger partial charge in [0.2, 0.25) is 11.8 Å². The maximum absolute atomic E-state index is 12.1. The van der Waals surface area contributed by atoms with Gasteiger partial charge in [-0.05, 0) is 72.8 Å². The summed E-state index contributed by atoms with van der Waals surface area (Å²) >= 11 is 11.6. The minimum absolute atomic E-state index is 0. The van der Waals surface area contributed by atoms with Gasteiger partial charge in [0.15, 0.2) is 0 Å². The Morgan fingerprint density at radius 3 is 1.28 bits per heavy atom. The predicted octanol–water partition coefficient (Wildman–Crippen LogP) is 2.94. The van der Waals surface area contributed by atoms with Gasteiger partial charge >= 0.3 is 0 Å². The third kappa shape index (κ3) is 11.3. The van der Waals surface area contributed by atoms with E-state index in [2.05, 4.69) is 31.2 Å². The Morgan fingerprint density at radius 1 is 0.605 bits per heavy atom. The van der Waals surface area contributed by atoms with Gasteiger partial charge in [0.1, 0.15) is 11.6 Å². The van der Waals surface area contributed by atoms with E-state index in [1.165, 1.54) is 0 Å². The normalized spacial score (nSPS) is 9.72. The van der Waals surface area contributed by atoms with E-state index in [1.807, 2.05) is 0 Å². The molecule has 4 amide bonds. The smallest absolute Gasteiger partial charge is 0.255 e. The third-order valence-electron chi connectivity index (χ3n) is 5.18. The summed E-state index contributed by atoms with van der Waals surface area (Å²) in [7, 11) is 0. The number of rotatable bonds is 10. The number of aromatic nitrogens is 2. The number of carbonyl (C=O) groups is 4. The Balaban J connectivity index is 0.000000293. The van der Waals surface area contributed by atoms with E-state index >= 15 is 0 Å². The summed E-state index contributed by atoms with van der Waals surface area (Å²) in [6.45, 7) is -0.137. The highest BCUT2D eigenvalue weighted by Crippen LogP contribution is 2.20. The zero-order valence-corrected chi connectivity index (χ0v) is 23.9. The fraction of sp³-hybridized carbons (Fsp3) is 0.0714. The maximum atomic E-state index is 12.1. The molecule has 0 bridgehead atoms. The first-order valence-corrected chi connectivity index (χ1v) is 13.0. The molecular formula is C28H28Cl2N8O5. The van der Waals surface area contributed by atoms with Crippen LogP contribution >= 0.6 is 23.2 Å². The van der Waals surface area contributed by atoms with Crippen molar-refractivity contribution in [2.24, 2.45) is 11.5 Å². The number of anilines is 4. The number of amides is 4. The van der Waals surface area contributed by atoms with Gasteiger partial charge in [0.25, 0.3) is 11.8 Å². The maximum Gasteiger partial charge on any atom is 0.255 e. The fourth-order valence-corrected chi connectivity index (χ4v) is 3.48. The van der Waals surface area contributed by atoms with Crippen molar-refractivity contribution in [1.29, 1.82) is 0 Å². The summed E-state index contributed by atoms with van der Waals surface area (Å²) in [5, 5.41) is 12.0. The largest absolute Gasteiger partial charge is 0.412 e. The SMILES string of the molecule is NC(=O)CNc1ncccc1NC(=O)c1ccc(Cl)cc1.NC(=O)CNc1ncccc1NC(=O)c1ccc(Cl)cc1.O. The number of hydrogen-bond donors (Lipinski definition) is 6. The van der Waals surface area contributed by atoms with Gasteiger partial charge in [-0.15, -0.1) is 0 Å². The number of hydrogen-bond acceptors (Lipinski definition) is 8. The predicted molar refractivity (Wildman–Crippen MR) is 166 cm³/mol. The second-order valence-corrected chi connectivity index (χ2v) is 9.23. The summed E-state index contributed by atoms with van der Waals surface area (Å²) in [6.07, 6.45) is 3.09. The molecule has 0 aliphatic carbocycles. The van der Waals surface area contributed by atoms with Crippen LogP contribution in [-0.2, 0) is 9.59 Å². The summed E-state index contributed by atoms with van der Waals surface area (Å²) in [5.74, 6) is -0.896. The Bertz CT molecular complexity index is 1440. The highest BCUT2D eigenvalue weighted by atomic mass is 35.5. The van der Waals surface area contributed by atoms with E-state index in [-0.39, 0.29) is 30.4 Å². The highest BCUT2D eigenvalue weighted by molar-refractivity contribution is 6.31. The van der Waals surface area contributed by atoms with Crippen LogP contribution < -0.4 is 32.7 Å². The van der Waals surface area contributed by atoms with Crippen LogP contribution in [-0.4, -0.2) is 52.2 Å². The molecule has 0 fully saturated rings. The van der Waals surface area contributed by atoms with Crippen molar-refractivity contribution < 1.29 is 24.7 Å². The minimum Gasteiger partial charge on any atom is -0.412 e. The van der Waals surface area contributed by atoms with Crippen molar-refractivity contribution in [1.82, 2.24) is 9.97 Å². The molecule has 0 atom stereocenters. The molecule has 4 rings (SSSR count). The molecule has 15 heteroatoms. The first-order chi connectivity index (χ1) is 20.1. The number of primary amides is 2. The summed E-state index contributed by atoms with van der Waals surface area (Å²) in [4.78, 5) is 53.9. The number of pyridine rings is 2. The molecule has 0 unspecified atom stereocenters. The van der Waals surface area contributed by atoms with Crippen LogP contribution in [0.2, 0.25) is 10.0 Å². The second kappa shape index (κ2) is 16.9. The quantitative estimate of drug-likeness (QED) is 0.153. The fourth-order valence-electron chi connectivity index (χ4n) is 3.23. The van der Waals surface area contributed by atoms with E-state index < -0.39 is 11.8 Å². The molecule has 0 saturated heterocycles. The lowest BCUT2D eigenvalue weighted by molar-refractivity contribution is -0.117. The Hall–Kier alpha value is -5.24. The van der Waals surface area contributed by atoms with Crippen LogP contribution in [0.15, 0.2) is 85.2 Å². The lowest BCUT2D eigenvalue weighted by Gasteiger charge is -2.11. The molecule has 0 aliphatic heterocycles. The van der Waals surface area contributed by atoms with Crippen molar-refractivity contribution in [2.45, 2.75) is 0 Å². The lowest BCUT2D eigenvalue weighted by atomic mass is 10.2. The Labute approximate surface area is 256 Å². The highest BCUT2D eigenvalue weighted by Gasteiger charge is 2.11. The first kappa shape index (κ1) is 34.0. The lowest BCUT2D eigenvalue weighted by Crippen LogP contribution is -2.23. The average molecular weight is 627 g/mol. The molecule has 0 saturated carbocycles. The molecule has 2 aromatic carbocycles. The van der Waals surface area contributed by atoms with Gasteiger partial charge in [-0.25, -0.2) is 9.97 Å². The number of benzene rings is 2. The molecule has 224 valence electrons. The van der Waals surface area contributed by atoms with Gasteiger partial charge in [0, 0.05) is 33.6 Å². The van der Waals surface area contributed by atoms with Crippen molar-refractivity contribution >= 4 is 69.8 Å². The summed E-state index contributed by atoms with van der Waals surface area (Å²) in [6, 6.07) is 19.7. The molecule has 13 nitrogen and oxygen atoms in total. The van der Waals surface area contributed by atoms with Gasteiger partial charge in [-0.2, -0.15) is 0 Å². The van der Waals surface area contributed by atoms with Gasteiger partial charge < -0.3 is 38.2 Å². The van der Waals surface area contributed by atoms with Crippen molar-refractivity contribution in [3.8, 4) is 0 Å². The summed E-state index contributed by atoms with van der Waals surface area (Å²) < 4.78 is 0. The zero-order chi connectivity index (χ0) is 30.5. The number of nitrogens with zero attached hydrogens (tertiary/aromatic N) is 2. The van der Waals surface area contributed by atoms with Gasteiger partial charge in [-0.1, -0.05) is 23.2 Å². The standard InChI is InChI=1S/2C14H13ClN4O2.H2O/c2*15-10-5-3-9(4-6-10)14(21)19-11-2-1-7-17-13(11)18-8-12(16)20;/h2*1-7H,8H2,(H2,16,20)(H,17,18)(H,19,21);1H2. The molecule has 0 radical (unpaired) electrons. The molecule has 4 aromatic rings. The Kier molecular flexibility index (Phi) is 13.3. The van der Waals surface area contributed by atoms with Crippen molar-refractivity contribution in [3.63, 3.8) is 0 Å². The second-order valence-electron chi connectivity index (χ2n) is 8.36. The van der Waals surface area contributed by atoms with E-state index in [0.29, 0.717) is 44.2 Å². The van der Waals surface area contributed by atoms with Gasteiger partial charge in [0.05, 0.1) is 24.5 Å². The van der Waals surface area contributed by atoms with Crippen LogP contribution in [0.25, 0.3) is 0 Å². The molecule has 0 aliphatic rings. The number of carbonyl (C=O) groups excluding carboxylic acids is 4.